The molecule has 0 nitrogen and oxygen atoms in total. The third kappa shape index (κ3) is 22.5. The van der Waals surface area contributed by atoms with Gasteiger partial charge < -0.3 is 0 Å². The summed E-state index contributed by atoms with van der Waals surface area (Å²) >= 11 is 0. The molecule has 0 rings (SSSR count). The lowest BCUT2D eigenvalue weighted by Crippen LogP contribution is -1.91. The van der Waals surface area contributed by atoms with E-state index in [0.29, 0.717) is 0 Å². The Morgan fingerprint density at radius 1 is 0.833 bits per heavy atom. The fourth-order valence-electron chi connectivity index (χ4n) is 1.13. The first-order valence-corrected chi connectivity index (χ1v) is 4.81. The van der Waals surface area contributed by atoms with Gasteiger partial charge in [-0.15, -0.1) is 0 Å². The van der Waals surface area contributed by atoms with Gasteiger partial charge in [-0.25, -0.2) is 0 Å². The quantitative estimate of drug-likeness (QED) is 0.529. The molecule has 0 aromatic carbocycles. The van der Waals surface area contributed by atoms with Gasteiger partial charge in [0.1, 0.15) is 0 Å². The second-order valence-corrected chi connectivity index (χ2v) is 2.68. The molecular formula is C12H32. The molecule has 0 fully saturated rings. The van der Waals surface area contributed by atoms with E-state index >= 15 is 0 Å². The molecule has 0 saturated carbocycles. The molecule has 0 aromatic rings. The smallest absolute Gasteiger partial charge is 0.0443 e. The third-order valence-electron chi connectivity index (χ3n) is 1.56. The lowest BCUT2D eigenvalue weighted by molar-refractivity contribution is 0.480. The van der Waals surface area contributed by atoms with Crippen LogP contribution in [0.15, 0.2) is 0 Å². The van der Waals surface area contributed by atoms with E-state index in [-0.39, 0.29) is 14.9 Å². The highest BCUT2D eigenvalue weighted by Gasteiger charge is 1.95. The van der Waals surface area contributed by atoms with E-state index in [9.17, 15) is 0 Å². The van der Waals surface area contributed by atoms with Gasteiger partial charge in [0.05, 0.1) is 0 Å². The van der Waals surface area contributed by atoms with Crippen LogP contribution in [0.5, 0.6) is 0 Å². The predicted molar refractivity (Wildman–Crippen MR) is 63.8 cm³/mol. The fraction of sp³-hybridized carbons (Fsp3) is 1.00. The van der Waals surface area contributed by atoms with Crippen molar-refractivity contribution in [1.82, 2.24) is 0 Å². The zero-order valence-electron chi connectivity index (χ0n) is 8.41. The highest BCUT2D eigenvalue weighted by Crippen LogP contribution is 2.10. The molecule has 0 N–H and O–H groups in total. The summed E-state index contributed by atoms with van der Waals surface area (Å²) in [7, 11) is 0. The van der Waals surface area contributed by atoms with Crippen LogP contribution >= 0.6 is 0 Å². The van der Waals surface area contributed by atoms with Crippen LogP contribution < -0.4 is 0 Å². The van der Waals surface area contributed by atoms with Gasteiger partial charge in [0.15, 0.2) is 0 Å². The van der Waals surface area contributed by atoms with E-state index in [1.54, 1.807) is 0 Å². The Kier molecular flexibility index (Phi) is 42.4. The Bertz CT molecular complexity index is 33.3. The maximum absolute atomic E-state index is 2.34. The molecule has 0 heterocycles. The Morgan fingerprint density at radius 3 is 1.25 bits per heavy atom. The van der Waals surface area contributed by atoms with E-state index in [1.807, 2.05) is 13.8 Å². The van der Waals surface area contributed by atoms with Gasteiger partial charge in [-0.05, 0) is 5.92 Å². The van der Waals surface area contributed by atoms with Crippen LogP contribution in [0.4, 0.5) is 0 Å². The van der Waals surface area contributed by atoms with Crippen molar-refractivity contribution < 1.29 is 0 Å². The molecule has 0 heteroatoms. The molecule has 0 aromatic heterocycles. The van der Waals surface area contributed by atoms with Crippen molar-refractivity contribution >= 4 is 0 Å². The van der Waals surface area contributed by atoms with E-state index in [0.717, 1.165) is 5.92 Å². The van der Waals surface area contributed by atoms with Crippen LogP contribution in [0.25, 0.3) is 0 Å². The SMILES string of the molecule is C.C.CC.CCCC(C)CCC. The fourth-order valence-corrected chi connectivity index (χ4v) is 1.13. The average Bonchev–Trinajstić information content (AvgIpc) is 1.93. The van der Waals surface area contributed by atoms with Gasteiger partial charge in [-0.3, -0.25) is 0 Å². The molecule has 80 valence electrons. The van der Waals surface area contributed by atoms with Crippen molar-refractivity contribution in [2.75, 3.05) is 0 Å². The van der Waals surface area contributed by atoms with Crippen molar-refractivity contribution in [2.45, 2.75) is 75.2 Å². The van der Waals surface area contributed by atoms with Crippen LogP contribution in [0.2, 0.25) is 0 Å². The van der Waals surface area contributed by atoms with Crippen molar-refractivity contribution in [3.63, 3.8) is 0 Å². The Morgan fingerprint density at radius 2 is 1.08 bits per heavy atom. The standard InChI is InChI=1S/C8H18.C2H6.2CH4/c1-4-6-8(3)7-5-2;1-2;;/h8H,4-7H2,1-3H3;1-2H3;2*1H4. The molecule has 0 saturated heterocycles. The lowest BCUT2D eigenvalue weighted by Gasteiger charge is -2.05. The van der Waals surface area contributed by atoms with Crippen LogP contribution in [0, 0.1) is 5.92 Å². The molecule has 0 aliphatic carbocycles. The van der Waals surface area contributed by atoms with Gasteiger partial charge in [0, 0.05) is 0 Å². The first-order chi connectivity index (χ1) is 4.81. The molecular weight excluding hydrogens is 144 g/mol. The van der Waals surface area contributed by atoms with E-state index < -0.39 is 0 Å². The van der Waals surface area contributed by atoms with Crippen molar-refractivity contribution in [3.8, 4) is 0 Å². The molecule has 12 heavy (non-hydrogen) atoms. The normalized spacial score (nSPS) is 7.50. The number of rotatable bonds is 4. The van der Waals surface area contributed by atoms with Crippen molar-refractivity contribution in [3.05, 3.63) is 0 Å². The molecule has 0 aliphatic rings. The maximum atomic E-state index is 2.34. The Balaban J connectivity index is -0.0000000740. The van der Waals surface area contributed by atoms with Gasteiger partial charge in [-0.2, -0.15) is 0 Å². The number of hydrogen-bond acceptors (Lipinski definition) is 0. The van der Waals surface area contributed by atoms with E-state index in [1.165, 1.54) is 25.7 Å². The summed E-state index contributed by atoms with van der Waals surface area (Å²) in [5, 5.41) is 0. The molecule has 0 unspecified atom stereocenters. The molecule has 0 aliphatic heterocycles. The summed E-state index contributed by atoms with van der Waals surface area (Å²) in [4.78, 5) is 0. The summed E-state index contributed by atoms with van der Waals surface area (Å²) < 4.78 is 0. The minimum Gasteiger partial charge on any atom is -0.0776 e. The summed E-state index contributed by atoms with van der Waals surface area (Å²) in [6.07, 6.45) is 5.52. The second kappa shape index (κ2) is 22.4. The molecule has 0 radical (unpaired) electrons. The summed E-state index contributed by atoms with van der Waals surface area (Å²) in [6, 6.07) is 0. The van der Waals surface area contributed by atoms with Crippen LogP contribution in [-0.2, 0) is 0 Å². The van der Waals surface area contributed by atoms with Crippen LogP contribution in [-0.4, -0.2) is 0 Å². The van der Waals surface area contributed by atoms with Gasteiger partial charge in [0.25, 0.3) is 0 Å². The van der Waals surface area contributed by atoms with Gasteiger partial charge in [0.2, 0.25) is 0 Å². The monoisotopic (exact) mass is 176 g/mol. The lowest BCUT2D eigenvalue weighted by atomic mass is 10.0. The topological polar surface area (TPSA) is 0 Å². The average molecular weight is 176 g/mol. The number of hydrogen-bond donors (Lipinski definition) is 0. The Labute approximate surface area is 81.8 Å². The van der Waals surface area contributed by atoms with Crippen molar-refractivity contribution in [2.24, 2.45) is 5.92 Å². The first-order valence-electron chi connectivity index (χ1n) is 4.81. The summed E-state index contributed by atoms with van der Waals surface area (Å²) in [6.45, 7) is 10.9. The molecule has 0 bridgehead atoms. The predicted octanol–water partition coefficient (Wildman–Crippen LogP) is 5.52. The molecule has 0 spiro atoms. The van der Waals surface area contributed by atoms with Gasteiger partial charge >= 0.3 is 0 Å². The zero-order valence-corrected chi connectivity index (χ0v) is 8.41. The Hall–Kier alpha value is 0. The minimum absolute atomic E-state index is 0. The first kappa shape index (κ1) is 22.7. The maximum Gasteiger partial charge on any atom is -0.0443 e. The molecule has 0 atom stereocenters. The minimum atomic E-state index is 0. The molecule has 0 amide bonds. The van der Waals surface area contributed by atoms with E-state index in [2.05, 4.69) is 20.8 Å². The third-order valence-corrected chi connectivity index (χ3v) is 1.56. The van der Waals surface area contributed by atoms with Crippen LogP contribution in [0.3, 0.4) is 0 Å². The zero-order chi connectivity index (χ0) is 8.41. The summed E-state index contributed by atoms with van der Waals surface area (Å²) in [5.41, 5.74) is 0. The van der Waals surface area contributed by atoms with Gasteiger partial charge in [-0.1, -0.05) is 75.2 Å². The largest absolute Gasteiger partial charge is 0.0776 e. The van der Waals surface area contributed by atoms with E-state index in [4.69, 9.17) is 0 Å². The highest BCUT2D eigenvalue weighted by atomic mass is 14.0. The highest BCUT2D eigenvalue weighted by molar-refractivity contribution is 4.48. The van der Waals surface area contributed by atoms with Crippen LogP contribution in [0.1, 0.15) is 75.2 Å². The second-order valence-electron chi connectivity index (χ2n) is 2.68. The summed E-state index contributed by atoms with van der Waals surface area (Å²) in [5.74, 6) is 0.963. The van der Waals surface area contributed by atoms with Crippen molar-refractivity contribution in [1.29, 1.82) is 0 Å².